The topological polar surface area (TPSA) is 67.7 Å². The minimum Gasteiger partial charge on any atom is -0.365 e. The van der Waals surface area contributed by atoms with Crippen LogP contribution in [-0.2, 0) is 13.6 Å². The Bertz CT molecular complexity index is 539. The highest BCUT2D eigenvalue weighted by Crippen LogP contribution is 2.20. The third-order valence-corrected chi connectivity index (χ3v) is 3.08. The third kappa shape index (κ3) is 3.92. The second kappa shape index (κ2) is 6.51. The van der Waals surface area contributed by atoms with Gasteiger partial charge in [-0.3, -0.25) is 4.68 Å². The molecule has 0 bridgehead atoms. The van der Waals surface area contributed by atoms with Crippen molar-refractivity contribution in [3.63, 3.8) is 0 Å². The van der Waals surface area contributed by atoms with Crippen molar-refractivity contribution in [3.05, 3.63) is 28.6 Å². The van der Waals surface area contributed by atoms with E-state index in [9.17, 15) is 0 Å². The number of halogens is 1. The highest BCUT2D eigenvalue weighted by molar-refractivity contribution is 9.10. The summed E-state index contributed by atoms with van der Waals surface area (Å²) in [7, 11) is 1.90. The summed E-state index contributed by atoms with van der Waals surface area (Å²) in [6.07, 6.45) is 6.59. The van der Waals surface area contributed by atoms with Crippen LogP contribution < -0.4 is 10.6 Å². The van der Waals surface area contributed by atoms with Gasteiger partial charge in [-0.05, 0) is 22.4 Å². The summed E-state index contributed by atoms with van der Waals surface area (Å²) in [5.41, 5.74) is 1.11. The number of aromatic nitrogens is 4. The molecule has 0 radical (unpaired) electrons. The minimum atomic E-state index is 0.638. The van der Waals surface area contributed by atoms with Gasteiger partial charge in [0.05, 0.1) is 10.7 Å². The quantitative estimate of drug-likeness (QED) is 0.854. The van der Waals surface area contributed by atoms with Crippen LogP contribution >= 0.6 is 15.9 Å². The van der Waals surface area contributed by atoms with Crippen LogP contribution in [0.3, 0.4) is 0 Å². The molecule has 0 aliphatic heterocycles. The zero-order valence-corrected chi connectivity index (χ0v) is 12.6. The molecule has 0 saturated heterocycles. The predicted molar refractivity (Wildman–Crippen MR) is 79.0 cm³/mol. The van der Waals surface area contributed by atoms with Crippen molar-refractivity contribution in [1.82, 2.24) is 19.7 Å². The van der Waals surface area contributed by atoms with Gasteiger partial charge in [-0.1, -0.05) is 6.92 Å². The molecule has 0 unspecified atom stereocenters. The van der Waals surface area contributed by atoms with E-state index in [0.29, 0.717) is 12.5 Å². The lowest BCUT2D eigenvalue weighted by molar-refractivity contribution is 0.767. The Labute approximate surface area is 120 Å². The standard InChI is InChI=1S/C12H17BrN6/c1-3-4-14-12-16-7-10(13)11(18-12)15-5-9-6-17-19(2)8-9/h6-8H,3-5H2,1-2H3,(H2,14,15,16,18). The lowest BCUT2D eigenvalue weighted by Crippen LogP contribution is -2.07. The zero-order valence-electron chi connectivity index (χ0n) is 11.0. The monoisotopic (exact) mass is 324 g/mol. The largest absolute Gasteiger partial charge is 0.365 e. The molecule has 2 rings (SSSR count). The second-order valence-electron chi connectivity index (χ2n) is 4.19. The van der Waals surface area contributed by atoms with Gasteiger partial charge in [0.15, 0.2) is 0 Å². The molecular formula is C12H17BrN6. The molecule has 0 atom stereocenters. The maximum atomic E-state index is 4.42. The van der Waals surface area contributed by atoms with E-state index in [1.165, 1.54) is 0 Å². The first kappa shape index (κ1) is 13.8. The van der Waals surface area contributed by atoms with Crippen molar-refractivity contribution < 1.29 is 0 Å². The fourth-order valence-corrected chi connectivity index (χ4v) is 1.89. The van der Waals surface area contributed by atoms with Crippen LogP contribution in [-0.4, -0.2) is 26.3 Å². The molecule has 0 amide bonds. The fourth-order valence-electron chi connectivity index (χ4n) is 1.56. The molecule has 0 saturated carbocycles. The Morgan fingerprint density at radius 3 is 2.84 bits per heavy atom. The van der Waals surface area contributed by atoms with E-state index in [-0.39, 0.29) is 0 Å². The number of aryl methyl sites for hydroxylation is 1. The van der Waals surface area contributed by atoms with Crippen LogP contribution in [0.25, 0.3) is 0 Å². The van der Waals surface area contributed by atoms with Crippen molar-refractivity contribution in [2.75, 3.05) is 17.2 Å². The second-order valence-corrected chi connectivity index (χ2v) is 5.05. The molecule has 6 nitrogen and oxygen atoms in total. The minimum absolute atomic E-state index is 0.638. The van der Waals surface area contributed by atoms with Gasteiger partial charge in [-0.25, -0.2) is 4.98 Å². The highest BCUT2D eigenvalue weighted by atomic mass is 79.9. The summed E-state index contributed by atoms with van der Waals surface area (Å²) in [4.78, 5) is 8.63. The first-order valence-electron chi connectivity index (χ1n) is 6.17. The first-order chi connectivity index (χ1) is 9.19. The average molecular weight is 325 g/mol. The van der Waals surface area contributed by atoms with E-state index >= 15 is 0 Å². The van der Waals surface area contributed by atoms with Gasteiger partial charge >= 0.3 is 0 Å². The molecule has 0 aliphatic carbocycles. The molecule has 19 heavy (non-hydrogen) atoms. The van der Waals surface area contributed by atoms with Crippen LogP contribution in [0.5, 0.6) is 0 Å². The molecule has 0 spiro atoms. The van der Waals surface area contributed by atoms with Crippen LogP contribution in [0.1, 0.15) is 18.9 Å². The summed E-state index contributed by atoms with van der Waals surface area (Å²) >= 11 is 3.44. The summed E-state index contributed by atoms with van der Waals surface area (Å²) in [5, 5.41) is 10.6. The Morgan fingerprint density at radius 1 is 1.32 bits per heavy atom. The molecule has 2 aromatic heterocycles. The maximum absolute atomic E-state index is 4.42. The van der Waals surface area contributed by atoms with Gasteiger partial charge in [-0.15, -0.1) is 0 Å². The molecule has 2 heterocycles. The highest BCUT2D eigenvalue weighted by Gasteiger charge is 2.05. The van der Waals surface area contributed by atoms with Gasteiger partial charge < -0.3 is 10.6 Å². The normalized spacial score (nSPS) is 10.5. The molecular weight excluding hydrogens is 308 g/mol. The number of anilines is 2. The molecule has 0 aliphatic rings. The van der Waals surface area contributed by atoms with Gasteiger partial charge in [0.25, 0.3) is 0 Å². The smallest absolute Gasteiger partial charge is 0.224 e. The Kier molecular flexibility index (Phi) is 4.73. The lowest BCUT2D eigenvalue weighted by Gasteiger charge is -2.09. The van der Waals surface area contributed by atoms with Crippen molar-refractivity contribution in [2.45, 2.75) is 19.9 Å². The third-order valence-electron chi connectivity index (χ3n) is 2.50. The first-order valence-corrected chi connectivity index (χ1v) is 6.96. The predicted octanol–water partition coefficient (Wildman–Crippen LogP) is 2.41. The number of hydrogen-bond donors (Lipinski definition) is 2. The zero-order chi connectivity index (χ0) is 13.7. The van der Waals surface area contributed by atoms with E-state index in [0.717, 1.165) is 28.8 Å². The lowest BCUT2D eigenvalue weighted by atomic mass is 10.3. The van der Waals surface area contributed by atoms with E-state index in [1.54, 1.807) is 10.9 Å². The average Bonchev–Trinajstić information content (AvgIpc) is 2.82. The van der Waals surface area contributed by atoms with Gasteiger partial charge in [-0.2, -0.15) is 10.1 Å². The van der Waals surface area contributed by atoms with Crippen LogP contribution in [0.2, 0.25) is 0 Å². The van der Waals surface area contributed by atoms with Crippen LogP contribution in [0, 0.1) is 0 Å². The molecule has 7 heteroatoms. The molecule has 0 fully saturated rings. The maximum Gasteiger partial charge on any atom is 0.224 e. The molecule has 2 aromatic rings. The number of nitrogens with zero attached hydrogens (tertiary/aromatic N) is 4. The van der Waals surface area contributed by atoms with E-state index in [1.807, 2.05) is 19.4 Å². The summed E-state index contributed by atoms with van der Waals surface area (Å²) < 4.78 is 2.62. The van der Waals surface area contributed by atoms with Crippen LogP contribution in [0.4, 0.5) is 11.8 Å². The fraction of sp³-hybridized carbons (Fsp3) is 0.417. The summed E-state index contributed by atoms with van der Waals surface area (Å²) in [5.74, 6) is 1.41. The van der Waals surface area contributed by atoms with Crippen LogP contribution in [0.15, 0.2) is 23.1 Å². The van der Waals surface area contributed by atoms with E-state index < -0.39 is 0 Å². The molecule has 102 valence electrons. The van der Waals surface area contributed by atoms with E-state index in [4.69, 9.17) is 0 Å². The number of hydrogen-bond acceptors (Lipinski definition) is 5. The van der Waals surface area contributed by atoms with Crippen molar-refractivity contribution >= 4 is 27.7 Å². The summed E-state index contributed by atoms with van der Waals surface area (Å²) in [6.45, 7) is 3.65. The van der Waals surface area contributed by atoms with E-state index in [2.05, 4.69) is 48.6 Å². The van der Waals surface area contributed by atoms with Gasteiger partial charge in [0, 0.05) is 38.1 Å². The van der Waals surface area contributed by atoms with Gasteiger partial charge in [0.1, 0.15) is 5.82 Å². The number of nitrogens with one attached hydrogen (secondary N) is 2. The van der Waals surface area contributed by atoms with Gasteiger partial charge in [0.2, 0.25) is 5.95 Å². The molecule has 2 N–H and O–H groups in total. The Hall–Kier alpha value is -1.63. The SMILES string of the molecule is CCCNc1ncc(Br)c(NCc2cnn(C)c2)n1. The molecule has 0 aromatic carbocycles. The van der Waals surface area contributed by atoms with Crippen molar-refractivity contribution in [3.8, 4) is 0 Å². The van der Waals surface area contributed by atoms with Crippen molar-refractivity contribution in [1.29, 1.82) is 0 Å². The summed E-state index contributed by atoms with van der Waals surface area (Å²) in [6, 6.07) is 0. The Morgan fingerprint density at radius 2 is 2.16 bits per heavy atom. The Balaban J connectivity index is 2.02. The number of rotatable bonds is 6. The van der Waals surface area contributed by atoms with Crippen molar-refractivity contribution in [2.24, 2.45) is 7.05 Å².